The minimum atomic E-state index is -3.40. The van der Waals surface area contributed by atoms with Crippen molar-refractivity contribution >= 4 is 26.8 Å². The molecule has 1 fully saturated rings. The van der Waals surface area contributed by atoms with Crippen molar-refractivity contribution in [1.82, 2.24) is 19.9 Å². The van der Waals surface area contributed by atoms with Crippen LogP contribution in [0.4, 0.5) is 8.78 Å². The van der Waals surface area contributed by atoms with E-state index in [9.17, 15) is 22.0 Å². The SMILES string of the molecule is CC(=O)N1CC(F)(F)CC1c1cc2[nH]c(-c3ccccn3)nc2cc1Oc1ccc(S(C)(=O)=O)cc1. The largest absolute Gasteiger partial charge is 0.457 e. The lowest BCUT2D eigenvalue weighted by Gasteiger charge is -2.24. The highest BCUT2D eigenvalue weighted by molar-refractivity contribution is 7.90. The topological polar surface area (TPSA) is 105 Å². The van der Waals surface area contributed by atoms with Gasteiger partial charge in [0.15, 0.2) is 15.7 Å². The van der Waals surface area contributed by atoms with Gasteiger partial charge in [-0.3, -0.25) is 9.78 Å². The van der Waals surface area contributed by atoms with Gasteiger partial charge in [0, 0.05) is 37.4 Å². The van der Waals surface area contributed by atoms with E-state index in [4.69, 9.17) is 4.74 Å². The number of halogens is 2. The van der Waals surface area contributed by atoms with Gasteiger partial charge in [-0.25, -0.2) is 22.2 Å². The van der Waals surface area contributed by atoms with Gasteiger partial charge in [0.1, 0.15) is 17.2 Å². The Labute approximate surface area is 205 Å². The Kier molecular flexibility index (Phi) is 5.74. The second kappa shape index (κ2) is 8.66. The Morgan fingerprint density at radius 2 is 1.92 bits per heavy atom. The van der Waals surface area contributed by atoms with Gasteiger partial charge in [-0.05, 0) is 42.5 Å². The molecule has 8 nitrogen and oxygen atoms in total. The first-order valence-electron chi connectivity index (χ1n) is 11.1. The Balaban J connectivity index is 1.62. The fourth-order valence-electron chi connectivity index (χ4n) is 4.33. The highest BCUT2D eigenvalue weighted by atomic mass is 32.2. The summed E-state index contributed by atoms with van der Waals surface area (Å²) in [5.41, 5.74) is 2.08. The number of ether oxygens (including phenoxy) is 1. The van der Waals surface area contributed by atoms with Crippen LogP contribution >= 0.6 is 0 Å². The minimum absolute atomic E-state index is 0.121. The number of likely N-dealkylation sites (tertiary alicyclic amines) is 1. The van der Waals surface area contributed by atoms with E-state index in [0.717, 1.165) is 11.2 Å². The Morgan fingerprint density at radius 3 is 2.56 bits per heavy atom. The van der Waals surface area contributed by atoms with Crippen LogP contribution in [0.2, 0.25) is 0 Å². The molecule has 0 radical (unpaired) electrons. The number of nitrogens with one attached hydrogen (secondary N) is 1. The molecule has 3 heterocycles. The van der Waals surface area contributed by atoms with Crippen LogP contribution in [-0.2, 0) is 14.6 Å². The zero-order valence-electron chi connectivity index (χ0n) is 19.4. The lowest BCUT2D eigenvalue weighted by Crippen LogP contribution is -2.31. The van der Waals surface area contributed by atoms with E-state index in [-0.39, 0.29) is 10.6 Å². The molecule has 36 heavy (non-hydrogen) atoms. The zero-order valence-corrected chi connectivity index (χ0v) is 20.2. The summed E-state index contributed by atoms with van der Waals surface area (Å²) >= 11 is 0. The van der Waals surface area contributed by atoms with Gasteiger partial charge >= 0.3 is 0 Å². The van der Waals surface area contributed by atoms with E-state index in [2.05, 4.69) is 15.0 Å². The normalized spacial score (nSPS) is 17.4. The first kappa shape index (κ1) is 23.9. The van der Waals surface area contributed by atoms with E-state index in [1.807, 2.05) is 6.07 Å². The lowest BCUT2D eigenvalue weighted by molar-refractivity contribution is -0.131. The van der Waals surface area contributed by atoms with Crippen molar-refractivity contribution in [3.63, 3.8) is 0 Å². The number of H-pyrrole nitrogens is 1. The third-order valence-corrected chi connectivity index (χ3v) is 7.16. The zero-order chi connectivity index (χ0) is 25.7. The number of hydrogen-bond donors (Lipinski definition) is 1. The number of hydrogen-bond acceptors (Lipinski definition) is 6. The van der Waals surface area contributed by atoms with Crippen LogP contribution in [0.5, 0.6) is 11.5 Å². The van der Waals surface area contributed by atoms with Gasteiger partial charge in [-0.2, -0.15) is 0 Å². The summed E-state index contributed by atoms with van der Waals surface area (Å²) in [4.78, 5) is 25.5. The van der Waals surface area contributed by atoms with Crippen molar-refractivity contribution in [2.45, 2.75) is 30.2 Å². The van der Waals surface area contributed by atoms with Gasteiger partial charge in [0.05, 0.1) is 28.5 Å². The van der Waals surface area contributed by atoms with E-state index < -0.39 is 40.7 Å². The van der Waals surface area contributed by atoms with Crippen molar-refractivity contribution in [1.29, 1.82) is 0 Å². The minimum Gasteiger partial charge on any atom is -0.457 e. The third kappa shape index (κ3) is 4.66. The molecule has 0 bridgehead atoms. The Bertz CT molecular complexity index is 1550. The summed E-state index contributed by atoms with van der Waals surface area (Å²) in [6, 6.07) is 13.5. The molecule has 1 aliphatic heterocycles. The van der Waals surface area contributed by atoms with Gasteiger partial charge in [0.25, 0.3) is 5.92 Å². The molecule has 0 spiro atoms. The number of sulfone groups is 1. The standard InChI is InChI=1S/C25H22F2N4O4S/c1-15(32)31-14-25(26,27)13-22(31)18-11-20-21(30-24(29-20)19-5-3-4-10-28-19)12-23(18)35-16-6-8-17(9-7-16)36(2,33)34/h3-12,22H,13-14H2,1-2H3,(H,29,30). The number of nitrogens with zero attached hydrogens (tertiary/aromatic N) is 3. The molecule has 1 unspecified atom stereocenters. The number of benzene rings is 2. The number of imidazole rings is 1. The van der Waals surface area contributed by atoms with Crippen LogP contribution in [0.1, 0.15) is 24.9 Å². The lowest BCUT2D eigenvalue weighted by atomic mass is 10.0. The van der Waals surface area contributed by atoms with Gasteiger partial charge in [-0.1, -0.05) is 6.07 Å². The molecule has 4 aromatic rings. The van der Waals surface area contributed by atoms with Gasteiger partial charge < -0.3 is 14.6 Å². The van der Waals surface area contributed by atoms with E-state index in [1.165, 1.54) is 31.2 Å². The molecule has 2 aromatic carbocycles. The second-order valence-electron chi connectivity index (χ2n) is 8.78. The van der Waals surface area contributed by atoms with Crippen LogP contribution in [-0.4, -0.2) is 52.9 Å². The van der Waals surface area contributed by atoms with Crippen LogP contribution in [0, 0.1) is 0 Å². The number of aromatic nitrogens is 3. The maximum Gasteiger partial charge on any atom is 0.267 e. The van der Waals surface area contributed by atoms with Crippen molar-refractivity contribution in [2.24, 2.45) is 0 Å². The third-order valence-electron chi connectivity index (χ3n) is 6.03. The van der Waals surface area contributed by atoms with Crippen molar-refractivity contribution in [2.75, 3.05) is 12.8 Å². The van der Waals surface area contributed by atoms with E-state index in [1.54, 1.807) is 30.5 Å². The predicted molar refractivity (Wildman–Crippen MR) is 129 cm³/mol. The summed E-state index contributed by atoms with van der Waals surface area (Å²) in [7, 11) is -3.40. The molecule has 5 rings (SSSR count). The average molecular weight is 513 g/mol. The number of carbonyl (C=O) groups excluding carboxylic acids is 1. The first-order valence-corrected chi connectivity index (χ1v) is 13.0. The molecule has 1 N–H and O–H groups in total. The number of alkyl halides is 2. The number of rotatable bonds is 5. The van der Waals surface area contributed by atoms with Crippen molar-refractivity contribution < 1.29 is 26.7 Å². The molecule has 0 aliphatic carbocycles. The van der Waals surface area contributed by atoms with Gasteiger partial charge in [-0.15, -0.1) is 0 Å². The Hall–Kier alpha value is -3.86. The predicted octanol–water partition coefficient (Wildman–Crippen LogP) is 4.75. The number of amides is 1. The monoisotopic (exact) mass is 512 g/mol. The van der Waals surface area contributed by atoms with Crippen molar-refractivity contribution in [3.8, 4) is 23.0 Å². The second-order valence-corrected chi connectivity index (χ2v) is 10.8. The Morgan fingerprint density at radius 1 is 1.17 bits per heavy atom. The van der Waals surface area contributed by atoms with Crippen LogP contribution in [0.15, 0.2) is 65.7 Å². The number of pyridine rings is 1. The summed E-state index contributed by atoms with van der Waals surface area (Å²) in [6.45, 7) is 0.572. The molecule has 1 aliphatic rings. The number of aromatic amines is 1. The summed E-state index contributed by atoms with van der Waals surface area (Å²) in [5.74, 6) is -2.48. The van der Waals surface area contributed by atoms with Gasteiger partial charge in [0.2, 0.25) is 5.91 Å². The fraction of sp³-hybridized carbons (Fsp3) is 0.240. The van der Waals surface area contributed by atoms with E-state index >= 15 is 0 Å². The van der Waals surface area contributed by atoms with Crippen LogP contribution in [0.25, 0.3) is 22.6 Å². The number of fused-ring (bicyclic) bond motifs is 1. The molecule has 186 valence electrons. The molecular weight excluding hydrogens is 490 g/mol. The number of carbonyl (C=O) groups is 1. The highest BCUT2D eigenvalue weighted by Crippen LogP contribution is 2.45. The first-order chi connectivity index (χ1) is 17.0. The summed E-state index contributed by atoms with van der Waals surface area (Å²) in [6.07, 6.45) is 2.18. The van der Waals surface area contributed by atoms with Crippen LogP contribution in [0.3, 0.4) is 0 Å². The molecular formula is C25H22F2N4O4S. The summed E-state index contributed by atoms with van der Waals surface area (Å²) < 4.78 is 58.5. The molecule has 1 amide bonds. The molecule has 0 saturated carbocycles. The quantitative estimate of drug-likeness (QED) is 0.414. The average Bonchev–Trinajstić information content (AvgIpc) is 3.39. The molecule has 1 atom stereocenters. The van der Waals surface area contributed by atoms with Crippen LogP contribution < -0.4 is 4.74 Å². The maximum absolute atomic E-state index is 14.4. The molecule has 2 aromatic heterocycles. The maximum atomic E-state index is 14.4. The molecule has 11 heteroatoms. The fourth-order valence-corrected chi connectivity index (χ4v) is 4.97. The van der Waals surface area contributed by atoms with Crippen molar-refractivity contribution in [3.05, 3.63) is 66.4 Å². The smallest absolute Gasteiger partial charge is 0.267 e. The highest BCUT2D eigenvalue weighted by Gasteiger charge is 2.47. The van der Waals surface area contributed by atoms with E-state index in [0.29, 0.717) is 33.9 Å². The molecule has 1 saturated heterocycles. The summed E-state index contributed by atoms with van der Waals surface area (Å²) in [5, 5.41) is 0.